The number of nitrogens with one attached hydrogen (secondary N) is 1. The van der Waals surface area contributed by atoms with Crippen LogP contribution in [0.15, 0.2) is 29.0 Å². The lowest BCUT2D eigenvalue weighted by atomic mass is 9.95. The van der Waals surface area contributed by atoms with Crippen LogP contribution in [0.25, 0.3) is 11.0 Å². The topological polar surface area (TPSA) is 67.3 Å². The Labute approximate surface area is 162 Å². The first kappa shape index (κ1) is 18.9. The van der Waals surface area contributed by atoms with Crippen molar-refractivity contribution in [2.24, 2.45) is 5.92 Å². The van der Waals surface area contributed by atoms with Gasteiger partial charge in [-0.3, -0.25) is 9.97 Å². The molecule has 2 atom stereocenters. The van der Waals surface area contributed by atoms with Gasteiger partial charge >= 0.3 is 6.09 Å². The number of aromatic nitrogens is 2. The normalized spacial score (nSPS) is 20.9. The van der Waals surface area contributed by atoms with Crippen LogP contribution in [0.2, 0.25) is 0 Å². The van der Waals surface area contributed by atoms with Crippen LogP contribution >= 0.6 is 15.9 Å². The molecule has 26 heavy (non-hydrogen) atoms. The highest BCUT2D eigenvalue weighted by atomic mass is 79.9. The van der Waals surface area contributed by atoms with E-state index in [9.17, 15) is 4.79 Å². The zero-order chi connectivity index (χ0) is 18.9. The summed E-state index contributed by atoms with van der Waals surface area (Å²) in [6.07, 6.45) is 3.97. The Morgan fingerprint density at radius 3 is 2.62 bits per heavy atom. The number of fused-ring (bicyclic) bond motifs is 1. The van der Waals surface area contributed by atoms with E-state index in [1.54, 1.807) is 12.4 Å². The molecule has 0 aliphatic carbocycles. The third-order valence-corrected chi connectivity index (χ3v) is 4.92. The van der Waals surface area contributed by atoms with E-state index in [-0.39, 0.29) is 12.1 Å². The Morgan fingerprint density at radius 2 is 1.92 bits per heavy atom. The lowest BCUT2D eigenvalue weighted by molar-refractivity contribution is 0.0495. The monoisotopic (exact) mass is 420 g/mol. The average Bonchev–Trinajstić information content (AvgIpc) is 2.53. The minimum atomic E-state index is -0.498. The molecule has 6 nitrogen and oxygen atoms in total. The summed E-state index contributed by atoms with van der Waals surface area (Å²) < 4.78 is 6.33. The maximum Gasteiger partial charge on any atom is 0.407 e. The van der Waals surface area contributed by atoms with E-state index in [0.717, 1.165) is 40.7 Å². The van der Waals surface area contributed by atoms with Crippen molar-refractivity contribution in [3.05, 3.63) is 29.0 Å². The summed E-state index contributed by atoms with van der Waals surface area (Å²) in [5, 5.41) is 3.02. The van der Waals surface area contributed by atoms with Gasteiger partial charge in [0.15, 0.2) is 0 Å². The van der Waals surface area contributed by atoms with Gasteiger partial charge in [0.25, 0.3) is 0 Å². The van der Waals surface area contributed by atoms with Crippen molar-refractivity contribution in [3.63, 3.8) is 0 Å². The molecule has 1 aliphatic rings. The van der Waals surface area contributed by atoms with E-state index < -0.39 is 5.60 Å². The first-order valence-corrected chi connectivity index (χ1v) is 9.66. The third kappa shape index (κ3) is 4.44. The summed E-state index contributed by atoms with van der Waals surface area (Å²) >= 11 is 3.54. The molecule has 1 aromatic carbocycles. The van der Waals surface area contributed by atoms with Crippen LogP contribution in [0, 0.1) is 5.92 Å². The van der Waals surface area contributed by atoms with E-state index in [2.05, 4.69) is 49.1 Å². The molecule has 2 unspecified atom stereocenters. The van der Waals surface area contributed by atoms with Crippen molar-refractivity contribution in [1.82, 2.24) is 15.3 Å². The molecule has 2 aromatic rings. The molecule has 1 saturated heterocycles. The number of anilines is 1. The fraction of sp³-hybridized carbons (Fsp3) is 0.526. The summed E-state index contributed by atoms with van der Waals surface area (Å²) in [6.45, 7) is 9.44. The van der Waals surface area contributed by atoms with Gasteiger partial charge in [-0.05, 0) is 61.2 Å². The van der Waals surface area contributed by atoms with Gasteiger partial charge < -0.3 is 15.0 Å². The number of amides is 1. The van der Waals surface area contributed by atoms with Gasteiger partial charge in [-0.1, -0.05) is 6.92 Å². The Balaban J connectivity index is 1.81. The van der Waals surface area contributed by atoms with Crippen molar-refractivity contribution in [1.29, 1.82) is 0 Å². The molecule has 0 bridgehead atoms. The minimum Gasteiger partial charge on any atom is -0.444 e. The number of benzene rings is 1. The number of rotatable bonds is 2. The molecule has 1 aromatic heterocycles. The third-order valence-electron chi connectivity index (χ3n) is 4.28. The fourth-order valence-electron chi connectivity index (χ4n) is 3.39. The molecular formula is C19H25BrN4O2. The van der Waals surface area contributed by atoms with Crippen LogP contribution in [-0.2, 0) is 4.74 Å². The number of alkyl carbamates (subject to hydrolysis) is 1. The molecule has 1 aliphatic heterocycles. The van der Waals surface area contributed by atoms with Crippen molar-refractivity contribution in [2.45, 2.75) is 45.8 Å². The van der Waals surface area contributed by atoms with Crippen molar-refractivity contribution < 1.29 is 9.53 Å². The maximum absolute atomic E-state index is 12.2. The second-order valence-electron chi connectivity index (χ2n) is 7.91. The van der Waals surface area contributed by atoms with E-state index in [0.29, 0.717) is 5.92 Å². The van der Waals surface area contributed by atoms with Gasteiger partial charge in [-0.2, -0.15) is 0 Å². The molecular weight excluding hydrogens is 396 g/mol. The Morgan fingerprint density at radius 1 is 1.23 bits per heavy atom. The highest BCUT2D eigenvalue weighted by Crippen LogP contribution is 2.32. The summed E-state index contributed by atoms with van der Waals surface area (Å²) in [5.74, 6) is 0.444. The second-order valence-corrected chi connectivity index (χ2v) is 8.76. The van der Waals surface area contributed by atoms with Crippen LogP contribution in [0.1, 0.15) is 34.1 Å². The van der Waals surface area contributed by atoms with Crippen molar-refractivity contribution in [2.75, 3.05) is 18.0 Å². The summed E-state index contributed by atoms with van der Waals surface area (Å²) in [6, 6.07) is 4.09. The lowest BCUT2D eigenvalue weighted by Crippen LogP contribution is -2.51. The Hall–Kier alpha value is -1.89. The zero-order valence-corrected chi connectivity index (χ0v) is 17.2. The first-order valence-electron chi connectivity index (χ1n) is 8.86. The molecule has 140 valence electrons. The number of nitrogens with zero attached hydrogens (tertiary/aromatic N) is 3. The van der Waals surface area contributed by atoms with Gasteiger partial charge in [0, 0.05) is 36.0 Å². The van der Waals surface area contributed by atoms with Crippen LogP contribution in [-0.4, -0.2) is 40.8 Å². The SMILES string of the molecule is CC1CC(NC(=O)OC(C)(C)C)CN(c2ccc(Br)c3nccnc23)C1. The number of halogens is 1. The van der Waals surface area contributed by atoms with E-state index in [1.165, 1.54) is 0 Å². The van der Waals surface area contributed by atoms with Gasteiger partial charge in [0.2, 0.25) is 0 Å². The molecule has 2 heterocycles. The summed E-state index contributed by atoms with van der Waals surface area (Å²) in [5.41, 5.74) is 2.26. The van der Waals surface area contributed by atoms with E-state index >= 15 is 0 Å². The molecule has 0 spiro atoms. The first-order chi connectivity index (χ1) is 12.2. The number of carbonyl (C=O) groups is 1. The van der Waals surface area contributed by atoms with Crippen molar-refractivity contribution in [3.8, 4) is 0 Å². The minimum absolute atomic E-state index is 0.0315. The quantitative estimate of drug-likeness (QED) is 0.790. The predicted molar refractivity (Wildman–Crippen MR) is 106 cm³/mol. The van der Waals surface area contributed by atoms with E-state index in [4.69, 9.17) is 4.74 Å². The van der Waals surface area contributed by atoms with Gasteiger partial charge in [0.05, 0.1) is 5.69 Å². The maximum atomic E-state index is 12.2. The fourth-order valence-corrected chi connectivity index (χ4v) is 3.81. The average molecular weight is 421 g/mol. The smallest absolute Gasteiger partial charge is 0.407 e. The van der Waals surface area contributed by atoms with Crippen LogP contribution in [0.3, 0.4) is 0 Å². The molecule has 1 fully saturated rings. The van der Waals surface area contributed by atoms with E-state index in [1.807, 2.05) is 26.8 Å². The van der Waals surface area contributed by atoms with Gasteiger partial charge in [-0.15, -0.1) is 0 Å². The second kappa shape index (κ2) is 7.39. The van der Waals surface area contributed by atoms with Crippen molar-refractivity contribution >= 4 is 38.7 Å². The van der Waals surface area contributed by atoms with Crippen LogP contribution in [0.5, 0.6) is 0 Å². The molecule has 0 radical (unpaired) electrons. The Kier molecular flexibility index (Phi) is 5.37. The molecule has 7 heteroatoms. The largest absolute Gasteiger partial charge is 0.444 e. The molecule has 3 rings (SSSR count). The zero-order valence-electron chi connectivity index (χ0n) is 15.6. The van der Waals surface area contributed by atoms with Crippen LogP contribution < -0.4 is 10.2 Å². The number of hydrogen-bond donors (Lipinski definition) is 1. The van der Waals surface area contributed by atoms with Crippen LogP contribution in [0.4, 0.5) is 10.5 Å². The molecule has 1 amide bonds. The number of carbonyl (C=O) groups excluding carboxylic acids is 1. The highest BCUT2D eigenvalue weighted by Gasteiger charge is 2.29. The standard InChI is InChI=1S/C19H25BrN4O2/c1-12-9-13(23-18(25)26-19(2,3)4)11-24(10-12)15-6-5-14(20)16-17(15)22-8-7-21-16/h5-8,12-13H,9-11H2,1-4H3,(H,23,25). The van der Waals surface area contributed by atoms with Gasteiger partial charge in [-0.25, -0.2) is 4.79 Å². The Bertz CT molecular complexity index is 806. The van der Waals surface area contributed by atoms with Gasteiger partial charge in [0.1, 0.15) is 16.6 Å². The number of ether oxygens (including phenoxy) is 1. The summed E-state index contributed by atoms with van der Waals surface area (Å²) in [7, 11) is 0. The summed E-state index contributed by atoms with van der Waals surface area (Å²) in [4.78, 5) is 23.4. The molecule has 1 N–H and O–H groups in total. The molecule has 0 saturated carbocycles. The highest BCUT2D eigenvalue weighted by molar-refractivity contribution is 9.10. The predicted octanol–water partition coefficient (Wildman–Crippen LogP) is 4.13. The lowest BCUT2D eigenvalue weighted by Gasteiger charge is -2.38. The number of piperidine rings is 1. The number of hydrogen-bond acceptors (Lipinski definition) is 5.